The highest BCUT2D eigenvalue weighted by atomic mass is 35.5. The van der Waals surface area contributed by atoms with Gasteiger partial charge in [-0.25, -0.2) is 0 Å². The summed E-state index contributed by atoms with van der Waals surface area (Å²) in [6.45, 7) is 3.22. The van der Waals surface area contributed by atoms with Gasteiger partial charge in [0.05, 0.1) is 17.2 Å². The normalized spacial score (nSPS) is 16.9. The van der Waals surface area contributed by atoms with Crippen LogP contribution in [-0.2, 0) is 11.3 Å². The van der Waals surface area contributed by atoms with Crippen LogP contribution in [0.3, 0.4) is 0 Å². The number of halogens is 1. The van der Waals surface area contributed by atoms with E-state index in [0.29, 0.717) is 22.5 Å². The fourth-order valence-corrected chi connectivity index (χ4v) is 4.92. The molecule has 1 aromatic heterocycles. The fourth-order valence-electron chi connectivity index (χ4n) is 3.91. The van der Waals surface area contributed by atoms with Gasteiger partial charge >= 0.3 is 0 Å². The van der Waals surface area contributed by atoms with Crippen LogP contribution in [0.5, 0.6) is 5.75 Å². The summed E-state index contributed by atoms with van der Waals surface area (Å²) in [5.41, 5.74) is 2.24. The predicted molar refractivity (Wildman–Crippen MR) is 135 cm³/mol. The van der Waals surface area contributed by atoms with Crippen molar-refractivity contribution in [2.24, 2.45) is 4.99 Å². The summed E-state index contributed by atoms with van der Waals surface area (Å²) >= 11 is 7.57. The smallest absolute Gasteiger partial charge is 0.283 e. The second kappa shape index (κ2) is 8.92. The van der Waals surface area contributed by atoms with Crippen molar-refractivity contribution in [2.75, 3.05) is 6.61 Å². The van der Waals surface area contributed by atoms with Gasteiger partial charge in [0.15, 0.2) is 5.17 Å². The van der Waals surface area contributed by atoms with Crippen LogP contribution in [0.15, 0.2) is 76.4 Å². The molecule has 0 atom stereocenters. The molecule has 166 valence electrons. The van der Waals surface area contributed by atoms with E-state index in [0.717, 1.165) is 34.3 Å². The first-order valence-corrected chi connectivity index (χ1v) is 11.7. The first-order valence-electron chi connectivity index (χ1n) is 10.6. The minimum absolute atomic E-state index is 0.152. The van der Waals surface area contributed by atoms with Crippen LogP contribution in [0.1, 0.15) is 18.9 Å². The molecule has 0 saturated carbocycles. The van der Waals surface area contributed by atoms with Gasteiger partial charge in [-0.3, -0.25) is 15.1 Å². The molecule has 3 aromatic rings. The minimum Gasteiger partial charge on any atom is -0.492 e. The zero-order valence-electron chi connectivity index (χ0n) is 17.9. The molecule has 8 heteroatoms. The van der Waals surface area contributed by atoms with Crippen LogP contribution >= 0.6 is 23.4 Å². The first-order chi connectivity index (χ1) is 16.0. The number of aryl methyl sites for hydroxylation is 1. The fraction of sp³-hybridized carbons (Fsp3) is 0.160. The van der Waals surface area contributed by atoms with Gasteiger partial charge in [0, 0.05) is 40.3 Å². The third-order valence-electron chi connectivity index (χ3n) is 5.45. The summed E-state index contributed by atoms with van der Waals surface area (Å²) < 4.78 is 7.97. The summed E-state index contributed by atoms with van der Waals surface area (Å²) in [4.78, 5) is 19.5. The molecular weight excluding hydrogens is 456 g/mol. The van der Waals surface area contributed by atoms with E-state index in [1.807, 2.05) is 61.8 Å². The number of aliphatic imine (C=N–C) groups is 1. The molecule has 0 fully saturated rings. The lowest BCUT2D eigenvalue weighted by molar-refractivity contribution is -0.114. The molecule has 1 N–H and O–H groups in total. The van der Waals surface area contributed by atoms with E-state index < -0.39 is 0 Å². The number of aromatic nitrogens is 1. The number of rotatable bonds is 6. The largest absolute Gasteiger partial charge is 0.492 e. The Hall–Kier alpha value is -3.29. The van der Waals surface area contributed by atoms with E-state index in [2.05, 4.69) is 15.6 Å². The molecule has 1 amide bonds. The summed E-state index contributed by atoms with van der Waals surface area (Å²) in [6, 6.07) is 15.5. The average molecular weight is 477 g/mol. The van der Waals surface area contributed by atoms with E-state index in [9.17, 15) is 4.79 Å². The summed E-state index contributed by atoms with van der Waals surface area (Å²) in [6.07, 6.45) is 6.43. The number of ether oxygens (including phenoxy) is 1. The van der Waals surface area contributed by atoms with E-state index in [-0.39, 0.29) is 17.3 Å². The number of para-hydroxylation sites is 2. The Morgan fingerprint density at radius 2 is 1.97 bits per heavy atom. The lowest BCUT2D eigenvalue weighted by atomic mass is 10.1. The number of nitrogens with zero attached hydrogens (tertiary/aromatic N) is 3. The van der Waals surface area contributed by atoms with E-state index in [1.54, 1.807) is 11.0 Å². The molecule has 33 heavy (non-hydrogen) atoms. The first kappa shape index (κ1) is 21.6. The number of carbonyl (C=O) groups excluding carboxylic acids is 1. The van der Waals surface area contributed by atoms with Gasteiger partial charge in [0.25, 0.3) is 5.91 Å². The Balaban J connectivity index is 1.38. The van der Waals surface area contributed by atoms with Crippen LogP contribution in [0.2, 0.25) is 5.02 Å². The highest BCUT2D eigenvalue weighted by Gasteiger charge is 2.33. The quantitative estimate of drug-likeness (QED) is 0.353. The third kappa shape index (κ3) is 4.21. The van der Waals surface area contributed by atoms with Gasteiger partial charge in [-0.2, -0.15) is 4.99 Å². The monoisotopic (exact) mass is 476 g/mol. The van der Waals surface area contributed by atoms with Gasteiger partial charge in [-0.15, -0.1) is 0 Å². The molecule has 0 aliphatic carbocycles. The molecule has 0 unspecified atom stereocenters. The summed E-state index contributed by atoms with van der Waals surface area (Å²) in [5, 5.41) is 10.7. The van der Waals surface area contributed by atoms with Crippen LogP contribution in [0.25, 0.3) is 17.0 Å². The molecule has 0 spiro atoms. The number of carbonyl (C=O) groups is 1. The van der Waals surface area contributed by atoms with Crippen LogP contribution in [0.4, 0.5) is 0 Å². The maximum atomic E-state index is 12.7. The van der Waals surface area contributed by atoms with Gasteiger partial charge in [0.2, 0.25) is 0 Å². The van der Waals surface area contributed by atoms with Crippen molar-refractivity contribution < 1.29 is 9.53 Å². The van der Waals surface area contributed by atoms with Gasteiger partial charge in [-0.1, -0.05) is 53.7 Å². The topological polar surface area (TPSA) is 70.7 Å². The number of amidine groups is 2. The highest BCUT2D eigenvalue weighted by Crippen LogP contribution is 2.33. The van der Waals surface area contributed by atoms with Crippen molar-refractivity contribution in [2.45, 2.75) is 19.9 Å². The second-order valence-corrected chi connectivity index (χ2v) is 9.37. The Kier molecular flexibility index (Phi) is 5.83. The highest BCUT2D eigenvalue weighted by molar-refractivity contribution is 8.17. The molecular formula is C25H21ClN4O2S. The van der Waals surface area contributed by atoms with E-state index in [4.69, 9.17) is 21.7 Å². The summed E-state index contributed by atoms with van der Waals surface area (Å²) in [7, 11) is 0. The maximum Gasteiger partial charge on any atom is 0.283 e. The molecule has 2 aliphatic heterocycles. The van der Waals surface area contributed by atoms with Crippen LogP contribution in [0, 0.1) is 5.41 Å². The van der Waals surface area contributed by atoms with Crippen molar-refractivity contribution >= 4 is 57.3 Å². The Bertz CT molecular complexity index is 1370. The molecule has 2 aliphatic rings. The number of amides is 1. The number of hydrogen-bond donors (Lipinski definition) is 1. The number of benzene rings is 2. The lowest BCUT2D eigenvalue weighted by Gasteiger charge is -2.22. The molecule has 0 radical (unpaired) electrons. The van der Waals surface area contributed by atoms with Crippen LogP contribution < -0.4 is 4.74 Å². The number of nitrogens with one attached hydrogen (secondary N) is 1. The third-order valence-corrected chi connectivity index (χ3v) is 6.66. The molecule has 0 saturated heterocycles. The van der Waals surface area contributed by atoms with Crippen molar-refractivity contribution in [1.29, 1.82) is 5.41 Å². The average Bonchev–Trinajstić information content (AvgIpc) is 3.35. The number of hydrogen-bond acceptors (Lipinski definition) is 4. The zero-order valence-corrected chi connectivity index (χ0v) is 19.5. The Morgan fingerprint density at radius 3 is 2.82 bits per heavy atom. The molecule has 5 rings (SSSR count). The summed E-state index contributed by atoms with van der Waals surface area (Å²) in [5.74, 6) is 0.451. The van der Waals surface area contributed by atoms with Crippen molar-refractivity contribution in [3.8, 4) is 5.75 Å². The number of thioether (sulfide) groups is 1. The number of allylic oxidation sites excluding steroid dienone is 1. The predicted octanol–water partition coefficient (Wildman–Crippen LogP) is 5.93. The van der Waals surface area contributed by atoms with Gasteiger partial charge < -0.3 is 9.30 Å². The Morgan fingerprint density at radius 1 is 1.18 bits per heavy atom. The standard InChI is InChI=1S/C25H21ClN4O2S/c1-16-14-30-23(27)19(24(31)28-25(30)33-16)13-17-15-29(21-9-4-2-7-18(17)21)11-6-12-32-22-10-5-3-8-20(22)26/h2-5,7-10,13-15,27H,6,11-12H2,1H3. The van der Waals surface area contributed by atoms with Gasteiger partial charge in [0.1, 0.15) is 11.6 Å². The minimum atomic E-state index is -0.383. The van der Waals surface area contributed by atoms with Crippen LogP contribution in [-0.4, -0.2) is 33.0 Å². The van der Waals surface area contributed by atoms with Crippen molar-refractivity contribution in [3.05, 3.63) is 82.0 Å². The zero-order chi connectivity index (χ0) is 22.9. The maximum absolute atomic E-state index is 12.7. The second-order valence-electron chi connectivity index (χ2n) is 7.75. The molecule has 6 nitrogen and oxygen atoms in total. The number of fused-ring (bicyclic) bond motifs is 2. The van der Waals surface area contributed by atoms with Gasteiger partial charge in [-0.05, 0) is 37.6 Å². The SMILES string of the molecule is CC1=CN2C(=N)C(=Cc3cn(CCCOc4ccccc4Cl)c4ccccc34)C(=O)N=C2S1. The van der Waals surface area contributed by atoms with E-state index in [1.165, 1.54) is 11.8 Å². The van der Waals surface area contributed by atoms with Crippen molar-refractivity contribution in [3.63, 3.8) is 0 Å². The molecule has 2 aromatic carbocycles. The van der Waals surface area contributed by atoms with Crippen molar-refractivity contribution in [1.82, 2.24) is 9.47 Å². The lowest BCUT2D eigenvalue weighted by Crippen LogP contribution is -2.35. The Labute approximate surface area is 200 Å². The van der Waals surface area contributed by atoms with E-state index >= 15 is 0 Å². The molecule has 0 bridgehead atoms. The molecule has 3 heterocycles.